The highest BCUT2D eigenvalue weighted by molar-refractivity contribution is 8.23. The van der Waals surface area contributed by atoms with Crippen LogP contribution in [-0.4, -0.2) is 19.1 Å². The number of hydrogen-bond acceptors (Lipinski definition) is 4. The van der Waals surface area contributed by atoms with Crippen molar-refractivity contribution in [3.05, 3.63) is 30.6 Å². The maximum absolute atomic E-state index is 8.93. The number of nitrogens with zero attached hydrogens (tertiary/aromatic N) is 3. The van der Waals surface area contributed by atoms with Crippen LogP contribution in [0, 0.1) is 11.3 Å². The number of nitriles is 1. The van der Waals surface area contributed by atoms with Gasteiger partial charge in [-0.05, 0) is 18.6 Å². The molecular weight excluding hydrogens is 250 g/mol. The van der Waals surface area contributed by atoms with Crippen molar-refractivity contribution in [3.63, 3.8) is 0 Å². The molecule has 0 saturated carbocycles. The summed E-state index contributed by atoms with van der Waals surface area (Å²) in [7, 11) is 0. The van der Waals surface area contributed by atoms with E-state index in [9.17, 15) is 0 Å². The third-order valence-corrected chi connectivity index (χ3v) is 4.02. The number of imidazole rings is 1. The molecule has 0 fully saturated rings. The number of thiocarbonyl (C=S) groups is 1. The molecule has 0 aliphatic rings. The summed E-state index contributed by atoms with van der Waals surface area (Å²) in [6, 6.07) is 10.1. The number of hydrogen-bond donors (Lipinski definition) is 0. The third kappa shape index (κ3) is 2.48. The minimum absolute atomic E-state index is 0.0938. The molecule has 0 saturated heterocycles. The Hall–Kier alpha value is -1.38. The van der Waals surface area contributed by atoms with Gasteiger partial charge in [0.05, 0.1) is 22.4 Å². The van der Waals surface area contributed by atoms with Gasteiger partial charge in [-0.25, -0.2) is 4.98 Å². The van der Waals surface area contributed by atoms with Crippen molar-refractivity contribution < 1.29 is 0 Å². The molecule has 86 valence electrons. The lowest BCUT2D eigenvalue weighted by molar-refractivity contribution is 0.990. The van der Waals surface area contributed by atoms with Crippen LogP contribution >= 0.6 is 24.0 Å². The van der Waals surface area contributed by atoms with Crippen molar-refractivity contribution in [2.75, 3.05) is 0 Å². The summed E-state index contributed by atoms with van der Waals surface area (Å²) < 4.78 is 2.53. The first-order valence-corrected chi connectivity index (χ1v) is 6.57. The molecule has 0 radical (unpaired) electrons. The molecule has 0 bridgehead atoms. The summed E-state index contributed by atoms with van der Waals surface area (Å²) in [5.41, 5.74) is 1.90. The molecule has 0 aliphatic heterocycles. The number of fused-ring (bicyclic) bond motifs is 1. The number of aromatic nitrogens is 2. The molecule has 1 atom stereocenters. The zero-order chi connectivity index (χ0) is 12.3. The summed E-state index contributed by atoms with van der Waals surface area (Å²) in [5.74, 6) is 0. The summed E-state index contributed by atoms with van der Waals surface area (Å²) >= 11 is 6.76. The van der Waals surface area contributed by atoms with Gasteiger partial charge in [0.2, 0.25) is 0 Å². The second-order valence-electron chi connectivity index (χ2n) is 3.51. The fraction of sp³-hybridized carbons (Fsp3) is 0.250. The van der Waals surface area contributed by atoms with Crippen molar-refractivity contribution in [1.29, 1.82) is 5.26 Å². The first-order valence-electron chi connectivity index (χ1n) is 5.29. The van der Waals surface area contributed by atoms with Crippen LogP contribution in [-0.2, 0) is 0 Å². The zero-order valence-corrected chi connectivity index (χ0v) is 11.0. The van der Waals surface area contributed by atoms with E-state index in [1.54, 1.807) is 6.33 Å². The number of para-hydroxylation sites is 2. The molecule has 1 aromatic carbocycles. The average molecular weight is 261 g/mol. The Kier molecular flexibility index (Phi) is 3.77. The van der Waals surface area contributed by atoms with Crippen molar-refractivity contribution >= 4 is 39.3 Å². The number of benzene rings is 1. The van der Waals surface area contributed by atoms with E-state index >= 15 is 0 Å². The molecule has 2 aromatic rings. The van der Waals surface area contributed by atoms with E-state index < -0.39 is 0 Å². The largest absolute Gasteiger partial charge is 0.284 e. The van der Waals surface area contributed by atoms with Crippen molar-refractivity contribution in [3.8, 4) is 6.07 Å². The Bertz CT molecular complexity index is 583. The van der Waals surface area contributed by atoms with Gasteiger partial charge in [0.1, 0.15) is 10.6 Å². The predicted molar refractivity (Wildman–Crippen MR) is 75.0 cm³/mol. The van der Waals surface area contributed by atoms with Crippen LogP contribution in [0.15, 0.2) is 30.6 Å². The van der Waals surface area contributed by atoms with Crippen LogP contribution < -0.4 is 0 Å². The highest BCUT2D eigenvalue weighted by atomic mass is 32.2. The van der Waals surface area contributed by atoms with E-state index in [0.29, 0.717) is 4.32 Å². The zero-order valence-electron chi connectivity index (χ0n) is 9.33. The molecular formula is C12H11N3S2. The molecule has 0 spiro atoms. The van der Waals surface area contributed by atoms with Gasteiger partial charge >= 0.3 is 0 Å². The van der Waals surface area contributed by atoms with Gasteiger partial charge in [-0.3, -0.25) is 4.57 Å². The molecule has 3 nitrogen and oxygen atoms in total. The Labute approximate surface area is 109 Å². The summed E-state index contributed by atoms with van der Waals surface area (Å²) in [4.78, 5) is 4.28. The molecule has 0 amide bonds. The van der Waals surface area contributed by atoms with E-state index in [-0.39, 0.29) is 5.25 Å². The van der Waals surface area contributed by atoms with Gasteiger partial charge in [0, 0.05) is 0 Å². The molecule has 1 aromatic heterocycles. The SMILES string of the molecule is CCC(C#N)SC(=S)n1cnc2ccccc21. The van der Waals surface area contributed by atoms with Crippen molar-refractivity contribution in [2.24, 2.45) is 0 Å². The van der Waals surface area contributed by atoms with Crippen LogP contribution in [0.25, 0.3) is 11.0 Å². The smallest absolute Gasteiger partial charge is 0.147 e. The second-order valence-corrected chi connectivity index (χ2v) is 5.35. The second kappa shape index (κ2) is 5.30. The normalized spacial score (nSPS) is 12.2. The predicted octanol–water partition coefficient (Wildman–Crippen LogP) is 3.20. The summed E-state index contributed by atoms with van der Waals surface area (Å²) in [5, 5.41) is 8.84. The molecule has 17 heavy (non-hydrogen) atoms. The highest BCUT2D eigenvalue weighted by Gasteiger charge is 2.12. The van der Waals surface area contributed by atoms with Crippen molar-refractivity contribution in [1.82, 2.24) is 9.55 Å². The number of thioether (sulfide) groups is 1. The molecule has 1 heterocycles. The van der Waals surface area contributed by atoms with Gasteiger partial charge in [0.15, 0.2) is 0 Å². The van der Waals surface area contributed by atoms with Gasteiger partial charge in [-0.15, -0.1) is 0 Å². The summed E-state index contributed by atoms with van der Waals surface area (Å²) in [6.45, 7) is 1.98. The van der Waals surface area contributed by atoms with E-state index in [1.807, 2.05) is 35.8 Å². The minimum Gasteiger partial charge on any atom is -0.284 e. The molecule has 2 rings (SSSR count). The van der Waals surface area contributed by atoms with Crippen LogP contribution in [0.2, 0.25) is 0 Å². The molecule has 0 aliphatic carbocycles. The van der Waals surface area contributed by atoms with Crippen LogP contribution in [0.5, 0.6) is 0 Å². The summed E-state index contributed by atoms with van der Waals surface area (Å²) in [6.07, 6.45) is 2.50. The van der Waals surface area contributed by atoms with Crippen LogP contribution in [0.3, 0.4) is 0 Å². The van der Waals surface area contributed by atoms with Crippen LogP contribution in [0.1, 0.15) is 13.3 Å². The first-order chi connectivity index (χ1) is 8.26. The lowest BCUT2D eigenvalue weighted by atomic mass is 10.3. The fourth-order valence-corrected chi connectivity index (χ4v) is 2.70. The van der Waals surface area contributed by atoms with E-state index in [0.717, 1.165) is 17.5 Å². The molecule has 0 N–H and O–H groups in total. The topological polar surface area (TPSA) is 41.6 Å². The maximum Gasteiger partial charge on any atom is 0.147 e. The van der Waals surface area contributed by atoms with E-state index in [4.69, 9.17) is 17.5 Å². The minimum atomic E-state index is -0.0938. The monoisotopic (exact) mass is 261 g/mol. The average Bonchev–Trinajstić information content (AvgIpc) is 2.79. The standard InChI is InChI=1S/C12H11N3S2/c1-2-9(7-13)17-12(16)15-8-14-10-5-3-4-6-11(10)15/h3-6,8-9H,2H2,1H3. The van der Waals surface area contributed by atoms with E-state index in [2.05, 4.69) is 11.1 Å². The van der Waals surface area contributed by atoms with Gasteiger partial charge in [-0.2, -0.15) is 5.26 Å². The Morgan fingerprint density at radius 2 is 2.35 bits per heavy atom. The number of rotatable bonds is 2. The Morgan fingerprint density at radius 3 is 3.06 bits per heavy atom. The maximum atomic E-state index is 8.93. The Balaban J connectivity index is 2.28. The first kappa shape index (κ1) is 12.1. The van der Waals surface area contributed by atoms with Gasteiger partial charge < -0.3 is 0 Å². The third-order valence-electron chi connectivity index (χ3n) is 2.41. The van der Waals surface area contributed by atoms with E-state index in [1.165, 1.54) is 11.8 Å². The lowest BCUT2D eigenvalue weighted by Gasteiger charge is -2.08. The molecule has 5 heteroatoms. The quantitative estimate of drug-likeness (QED) is 0.778. The van der Waals surface area contributed by atoms with Gasteiger partial charge in [-0.1, -0.05) is 43.0 Å². The van der Waals surface area contributed by atoms with Gasteiger partial charge in [0.25, 0.3) is 0 Å². The molecule has 1 unspecified atom stereocenters. The highest BCUT2D eigenvalue weighted by Crippen LogP contribution is 2.21. The van der Waals surface area contributed by atoms with Crippen LogP contribution in [0.4, 0.5) is 0 Å². The van der Waals surface area contributed by atoms with Crippen molar-refractivity contribution in [2.45, 2.75) is 18.6 Å². The fourth-order valence-electron chi connectivity index (χ4n) is 1.48. The Morgan fingerprint density at radius 1 is 1.59 bits per heavy atom. The lowest BCUT2D eigenvalue weighted by Crippen LogP contribution is -2.08.